The number of rotatable bonds is 2. The monoisotopic (exact) mass is 151 g/mol. The molecule has 0 aliphatic carbocycles. The Bertz CT molecular complexity index is 220. The molecule has 0 spiro atoms. The van der Waals surface area contributed by atoms with Gasteiger partial charge >= 0.3 is 0 Å². The lowest BCUT2D eigenvalue weighted by atomic mass is 10.2. The SMILES string of the molecule is C#C[C@@H](N)Cc1cccs1. The topological polar surface area (TPSA) is 26.0 Å². The Labute approximate surface area is 64.9 Å². The van der Waals surface area contributed by atoms with Crippen molar-refractivity contribution in [3.8, 4) is 12.3 Å². The minimum Gasteiger partial charge on any atom is -0.317 e. The maximum absolute atomic E-state index is 5.53. The number of hydrogen-bond donors (Lipinski definition) is 1. The maximum Gasteiger partial charge on any atom is 0.0710 e. The molecule has 0 radical (unpaired) electrons. The number of nitrogens with two attached hydrogens (primary N) is 1. The Morgan fingerprint density at radius 2 is 2.60 bits per heavy atom. The molecule has 0 aliphatic rings. The third-order valence-electron chi connectivity index (χ3n) is 1.22. The van der Waals surface area contributed by atoms with Crippen LogP contribution in [-0.2, 0) is 6.42 Å². The fraction of sp³-hybridized carbons (Fsp3) is 0.250. The molecule has 10 heavy (non-hydrogen) atoms. The first-order valence-corrected chi connectivity index (χ1v) is 3.95. The van der Waals surface area contributed by atoms with Crippen molar-refractivity contribution in [1.82, 2.24) is 0 Å². The van der Waals surface area contributed by atoms with Crippen LogP contribution >= 0.6 is 11.3 Å². The van der Waals surface area contributed by atoms with Gasteiger partial charge in [-0.25, -0.2) is 0 Å². The summed E-state index contributed by atoms with van der Waals surface area (Å²) >= 11 is 1.69. The highest BCUT2D eigenvalue weighted by molar-refractivity contribution is 7.09. The Hall–Kier alpha value is -0.780. The Kier molecular flexibility index (Phi) is 2.49. The van der Waals surface area contributed by atoms with E-state index in [1.165, 1.54) is 4.88 Å². The lowest BCUT2D eigenvalue weighted by Crippen LogP contribution is -2.19. The summed E-state index contributed by atoms with van der Waals surface area (Å²) < 4.78 is 0. The zero-order valence-electron chi connectivity index (χ0n) is 5.58. The summed E-state index contributed by atoms with van der Waals surface area (Å²) in [4.78, 5) is 1.26. The van der Waals surface area contributed by atoms with Gasteiger partial charge in [0.2, 0.25) is 0 Å². The van der Waals surface area contributed by atoms with Crippen LogP contribution in [-0.4, -0.2) is 6.04 Å². The lowest BCUT2D eigenvalue weighted by Gasteiger charge is -1.98. The van der Waals surface area contributed by atoms with Crippen LogP contribution in [0, 0.1) is 12.3 Å². The average molecular weight is 151 g/mol. The van der Waals surface area contributed by atoms with Crippen LogP contribution in [0.5, 0.6) is 0 Å². The summed E-state index contributed by atoms with van der Waals surface area (Å²) in [5.74, 6) is 2.49. The second kappa shape index (κ2) is 3.40. The van der Waals surface area contributed by atoms with E-state index >= 15 is 0 Å². The van der Waals surface area contributed by atoms with Crippen molar-refractivity contribution >= 4 is 11.3 Å². The molecular formula is C8H9NS. The molecule has 0 saturated heterocycles. The van der Waals surface area contributed by atoms with Crippen molar-refractivity contribution in [2.24, 2.45) is 5.73 Å². The summed E-state index contributed by atoms with van der Waals surface area (Å²) in [6.07, 6.45) is 5.92. The number of thiophene rings is 1. The van der Waals surface area contributed by atoms with Crippen LogP contribution in [0.1, 0.15) is 4.88 Å². The van der Waals surface area contributed by atoms with Gasteiger partial charge in [0.25, 0.3) is 0 Å². The van der Waals surface area contributed by atoms with Gasteiger partial charge in [-0.05, 0) is 11.4 Å². The van der Waals surface area contributed by atoms with E-state index in [4.69, 9.17) is 12.2 Å². The van der Waals surface area contributed by atoms with Crippen LogP contribution in [0.2, 0.25) is 0 Å². The summed E-state index contributed by atoms with van der Waals surface area (Å²) in [5, 5.41) is 2.03. The van der Waals surface area contributed by atoms with Gasteiger partial charge in [0.15, 0.2) is 0 Å². The molecule has 1 aromatic heterocycles. The molecule has 0 amide bonds. The van der Waals surface area contributed by atoms with Crippen molar-refractivity contribution in [3.05, 3.63) is 22.4 Å². The van der Waals surface area contributed by atoms with Gasteiger partial charge in [0.1, 0.15) is 0 Å². The molecule has 0 aromatic carbocycles. The molecular weight excluding hydrogens is 142 g/mol. The molecule has 2 heteroatoms. The molecule has 2 N–H and O–H groups in total. The molecule has 0 aliphatic heterocycles. The van der Waals surface area contributed by atoms with Crippen LogP contribution in [0.15, 0.2) is 17.5 Å². The van der Waals surface area contributed by atoms with E-state index in [1.807, 2.05) is 17.5 Å². The predicted molar refractivity (Wildman–Crippen MR) is 44.8 cm³/mol. The molecule has 1 rings (SSSR count). The molecule has 1 nitrogen and oxygen atoms in total. The highest BCUT2D eigenvalue weighted by Gasteiger charge is 1.98. The van der Waals surface area contributed by atoms with E-state index in [2.05, 4.69) is 5.92 Å². The van der Waals surface area contributed by atoms with E-state index in [1.54, 1.807) is 11.3 Å². The van der Waals surface area contributed by atoms with Crippen molar-refractivity contribution in [3.63, 3.8) is 0 Å². The molecule has 0 fully saturated rings. The number of terminal acetylenes is 1. The standard InChI is InChI=1S/C8H9NS/c1-2-7(9)6-8-4-3-5-10-8/h1,3-5,7H,6,9H2/t7-/m1/s1. The maximum atomic E-state index is 5.53. The third-order valence-corrected chi connectivity index (χ3v) is 2.11. The van der Waals surface area contributed by atoms with E-state index in [0.29, 0.717) is 0 Å². The summed E-state index contributed by atoms with van der Waals surface area (Å²) in [6.45, 7) is 0. The Morgan fingerprint density at radius 3 is 3.10 bits per heavy atom. The van der Waals surface area contributed by atoms with Gasteiger partial charge in [-0.2, -0.15) is 0 Å². The molecule has 0 unspecified atom stereocenters. The van der Waals surface area contributed by atoms with Gasteiger partial charge in [0.05, 0.1) is 6.04 Å². The van der Waals surface area contributed by atoms with Crippen LogP contribution < -0.4 is 5.73 Å². The van der Waals surface area contributed by atoms with E-state index < -0.39 is 0 Å². The third kappa shape index (κ3) is 1.87. The first kappa shape index (κ1) is 7.33. The van der Waals surface area contributed by atoms with Gasteiger partial charge < -0.3 is 5.73 Å². The Morgan fingerprint density at radius 1 is 1.80 bits per heavy atom. The minimum atomic E-state index is -0.126. The normalized spacial score (nSPS) is 12.4. The van der Waals surface area contributed by atoms with Crippen molar-refractivity contribution in [2.45, 2.75) is 12.5 Å². The van der Waals surface area contributed by atoms with Crippen molar-refractivity contribution in [2.75, 3.05) is 0 Å². The highest BCUT2D eigenvalue weighted by atomic mass is 32.1. The smallest absolute Gasteiger partial charge is 0.0710 e. The first-order valence-electron chi connectivity index (χ1n) is 3.07. The summed E-state index contributed by atoms with van der Waals surface area (Å²) in [7, 11) is 0. The summed E-state index contributed by atoms with van der Waals surface area (Å²) in [6, 6.07) is 3.92. The first-order chi connectivity index (χ1) is 4.83. The molecule has 52 valence electrons. The van der Waals surface area contributed by atoms with Crippen molar-refractivity contribution in [1.29, 1.82) is 0 Å². The fourth-order valence-corrected chi connectivity index (χ4v) is 1.47. The van der Waals surface area contributed by atoms with Gasteiger partial charge in [-0.15, -0.1) is 17.8 Å². The molecule has 0 saturated carbocycles. The summed E-state index contributed by atoms with van der Waals surface area (Å²) in [5.41, 5.74) is 5.53. The highest BCUT2D eigenvalue weighted by Crippen LogP contribution is 2.09. The Balaban J connectivity index is 2.50. The van der Waals surface area contributed by atoms with Gasteiger partial charge in [-0.1, -0.05) is 12.0 Å². The van der Waals surface area contributed by atoms with E-state index in [-0.39, 0.29) is 6.04 Å². The lowest BCUT2D eigenvalue weighted by molar-refractivity contribution is 0.848. The fourth-order valence-electron chi connectivity index (χ4n) is 0.704. The van der Waals surface area contributed by atoms with E-state index in [0.717, 1.165) is 6.42 Å². The average Bonchev–Trinajstić information content (AvgIpc) is 2.40. The van der Waals surface area contributed by atoms with Gasteiger partial charge in [-0.3, -0.25) is 0 Å². The molecule has 0 bridgehead atoms. The largest absolute Gasteiger partial charge is 0.317 e. The zero-order valence-corrected chi connectivity index (χ0v) is 6.40. The quantitative estimate of drug-likeness (QED) is 0.632. The molecule has 1 atom stereocenters. The second-order valence-corrected chi connectivity index (χ2v) is 3.09. The van der Waals surface area contributed by atoms with Crippen molar-refractivity contribution < 1.29 is 0 Å². The second-order valence-electron chi connectivity index (χ2n) is 2.06. The van der Waals surface area contributed by atoms with Crippen LogP contribution in [0.4, 0.5) is 0 Å². The number of hydrogen-bond acceptors (Lipinski definition) is 2. The van der Waals surface area contributed by atoms with Crippen LogP contribution in [0.25, 0.3) is 0 Å². The minimum absolute atomic E-state index is 0.126. The predicted octanol–water partition coefficient (Wildman–Crippen LogP) is 1.25. The zero-order chi connectivity index (χ0) is 7.40. The molecule has 1 heterocycles. The molecule has 1 aromatic rings. The van der Waals surface area contributed by atoms with Crippen LogP contribution in [0.3, 0.4) is 0 Å². The van der Waals surface area contributed by atoms with E-state index in [9.17, 15) is 0 Å². The van der Waals surface area contributed by atoms with Gasteiger partial charge in [0, 0.05) is 11.3 Å².